The van der Waals surface area contributed by atoms with E-state index < -0.39 is 40.6 Å². The number of hydrogen-bond donors (Lipinski definition) is 0. The second-order valence-electron chi connectivity index (χ2n) is 5.61. The van der Waals surface area contributed by atoms with Crippen LogP contribution in [0.3, 0.4) is 0 Å². The molecular weight excluding hydrogens is 643 g/mol. The molecule has 0 amide bonds. The highest BCUT2D eigenvalue weighted by molar-refractivity contribution is 14.1. The molecule has 0 saturated carbocycles. The Labute approximate surface area is 185 Å². The van der Waals surface area contributed by atoms with E-state index in [1.807, 2.05) is 0 Å². The number of hydrogen-bond acceptors (Lipinski definition) is 1. The van der Waals surface area contributed by atoms with Crippen LogP contribution in [0.15, 0.2) is 30.3 Å². The lowest BCUT2D eigenvalue weighted by Crippen LogP contribution is -2.60. The van der Waals surface area contributed by atoms with E-state index in [1.54, 1.807) is 6.07 Å². The average molecular weight is 648 g/mol. The Kier molecular flexibility index (Phi) is 6.45. The number of nitriles is 1. The average Bonchev–Trinajstić information content (AvgIpc) is 2.58. The van der Waals surface area contributed by atoms with Gasteiger partial charge >= 0.3 is 23.9 Å². The van der Waals surface area contributed by atoms with Gasteiger partial charge < -0.3 is 0 Å². The van der Waals surface area contributed by atoms with Crippen molar-refractivity contribution in [3.05, 3.63) is 54.7 Å². The molecule has 1 unspecified atom stereocenters. The minimum Gasteiger partial charge on any atom is -0.221 e. The van der Waals surface area contributed by atoms with Gasteiger partial charge in [-0.05, 0) is 57.3 Å². The van der Waals surface area contributed by atoms with Crippen LogP contribution in [0.1, 0.15) is 11.1 Å². The monoisotopic (exact) mass is 648 g/mol. The predicted molar refractivity (Wildman–Crippen MR) is 101 cm³/mol. The molecule has 0 heterocycles. The third-order valence-electron chi connectivity index (χ3n) is 3.86. The third-order valence-corrected chi connectivity index (χ3v) is 5.25. The van der Waals surface area contributed by atoms with Crippen LogP contribution in [-0.4, -0.2) is 18.3 Å². The van der Waals surface area contributed by atoms with Crippen molar-refractivity contribution >= 4 is 45.2 Å². The minimum atomic E-state index is -6.85. The summed E-state index contributed by atoms with van der Waals surface area (Å²) in [4.78, 5) is 0. The molecule has 1 radical (unpaired) electrons. The van der Waals surface area contributed by atoms with Gasteiger partial charge in [0.2, 0.25) is 0 Å². The number of nitrogens with zero attached hydrogens (tertiary/aromatic N) is 1. The first-order valence-corrected chi connectivity index (χ1v) is 9.36. The van der Waals surface area contributed by atoms with Crippen molar-refractivity contribution in [2.45, 2.75) is 23.9 Å². The van der Waals surface area contributed by atoms with E-state index in [4.69, 9.17) is 5.26 Å². The Morgan fingerprint density at radius 3 is 1.90 bits per heavy atom. The van der Waals surface area contributed by atoms with E-state index in [0.717, 1.165) is 12.1 Å². The fraction of sp³-hybridized carbons (Fsp3) is 0.235. The van der Waals surface area contributed by atoms with Gasteiger partial charge in [-0.25, -0.2) is 4.39 Å². The molecule has 0 N–H and O–H groups in total. The summed E-state index contributed by atoms with van der Waals surface area (Å²) in [5, 5.41) is 9.16. The van der Waals surface area contributed by atoms with Crippen molar-refractivity contribution in [3.63, 3.8) is 0 Å². The van der Waals surface area contributed by atoms with Crippen LogP contribution in [-0.2, 0) is 5.67 Å². The third kappa shape index (κ3) is 3.91. The molecule has 0 saturated heterocycles. The fourth-order valence-corrected chi connectivity index (χ4v) is 4.52. The quantitative estimate of drug-likeness (QED) is 0.256. The molecule has 1 atom stereocenters. The van der Waals surface area contributed by atoms with E-state index in [1.165, 1.54) is 57.3 Å². The van der Waals surface area contributed by atoms with E-state index in [2.05, 4.69) is 6.07 Å². The molecule has 1 nitrogen and oxygen atoms in total. The molecule has 2 aromatic rings. The standard InChI is InChI=1S/C17H5F9I2N/c18-14(16(21,22)23,15(19,20)17(24,25)26)11-5-9(27)6-12(28)13(11)10-4-2-1-3-8(10)7-29/h1-5H. The van der Waals surface area contributed by atoms with Crippen LogP contribution < -0.4 is 0 Å². The lowest BCUT2D eigenvalue weighted by Gasteiger charge is -2.37. The maximum absolute atomic E-state index is 15.1. The zero-order chi connectivity index (χ0) is 22.4. The Hall–Kier alpha value is -1.24. The lowest BCUT2D eigenvalue weighted by molar-refractivity contribution is -0.389. The summed E-state index contributed by atoms with van der Waals surface area (Å²) < 4.78 is 122. The highest BCUT2D eigenvalue weighted by Gasteiger charge is 2.82. The summed E-state index contributed by atoms with van der Waals surface area (Å²) in [6.07, 6.45) is -13.5. The van der Waals surface area contributed by atoms with Gasteiger partial charge in [0.25, 0.3) is 0 Å². The molecule has 29 heavy (non-hydrogen) atoms. The molecule has 2 rings (SSSR count). The van der Waals surface area contributed by atoms with Crippen LogP contribution >= 0.6 is 45.2 Å². The minimum absolute atomic E-state index is 0.222. The number of alkyl halides is 9. The van der Waals surface area contributed by atoms with Gasteiger partial charge in [0, 0.05) is 29.9 Å². The van der Waals surface area contributed by atoms with Gasteiger partial charge in [-0.3, -0.25) is 0 Å². The Morgan fingerprint density at radius 1 is 0.862 bits per heavy atom. The van der Waals surface area contributed by atoms with Crippen LogP contribution in [0, 0.1) is 24.5 Å². The molecule has 0 fully saturated rings. The first kappa shape index (κ1) is 24.0. The van der Waals surface area contributed by atoms with Gasteiger partial charge in [-0.15, -0.1) is 0 Å². The maximum atomic E-state index is 15.1. The largest absolute Gasteiger partial charge is 0.457 e. The molecule has 0 spiro atoms. The molecule has 155 valence electrons. The first-order chi connectivity index (χ1) is 13.1. The number of halogens is 11. The predicted octanol–water partition coefficient (Wildman–Crippen LogP) is 7.16. The van der Waals surface area contributed by atoms with Crippen molar-refractivity contribution in [1.82, 2.24) is 0 Å². The molecule has 0 aliphatic carbocycles. The lowest BCUT2D eigenvalue weighted by atomic mass is 9.82. The Bertz CT molecular complexity index is 976. The topological polar surface area (TPSA) is 23.8 Å². The van der Waals surface area contributed by atoms with Crippen molar-refractivity contribution < 1.29 is 39.5 Å². The number of rotatable bonds is 3. The van der Waals surface area contributed by atoms with Crippen molar-refractivity contribution in [1.29, 1.82) is 5.26 Å². The Balaban J connectivity index is 3.08. The first-order valence-electron chi connectivity index (χ1n) is 7.21. The van der Waals surface area contributed by atoms with Gasteiger partial charge in [0.05, 0.1) is 11.6 Å². The number of benzene rings is 2. The highest BCUT2D eigenvalue weighted by Crippen LogP contribution is 2.60. The molecule has 0 bridgehead atoms. The normalized spacial score (nSPS) is 15.0. The van der Waals surface area contributed by atoms with E-state index in [-0.39, 0.29) is 18.8 Å². The molecule has 0 aromatic heterocycles. The summed E-state index contributed by atoms with van der Waals surface area (Å²) in [5.41, 5.74) is -9.78. The summed E-state index contributed by atoms with van der Waals surface area (Å²) in [6, 6.07) is 8.88. The SMILES string of the molecule is N#Cc1ccccc1-c1c(I)[c]c(I)cc1C(F)(C(F)(F)F)C(F)(F)C(F)(F)F. The van der Waals surface area contributed by atoms with E-state index in [9.17, 15) is 35.1 Å². The second kappa shape index (κ2) is 7.78. The van der Waals surface area contributed by atoms with Crippen LogP contribution in [0.25, 0.3) is 11.1 Å². The van der Waals surface area contributed by atoms with Crippen molar-refractivity contribution in [2.75, 3.05) is 0 Å². The van der Waals surface area contributed by atoms with E-state index in [0.29, 0.717) is 0 Å². The molecule has 0 aliphatic heterocycles. The summed E-state index contributed by atoms with van der Waals surface area (Å²) in [7, 11) is 0. The summed E-state index contributed by atoms with van der Waals surface area (Å²) in [6.45, 7) is 0. The summed E-state index contributed by atoms with van der Waals surface area (Å²) >= 11 is 2.65. The highest BCUT2D eigenvalue weighted by atomic mass is 127. The van der Waals surface area contributed by atoms with E-state index >= 15 is 4.39 Å². The molecule has 2 aromatic carbocycles. The second-order valence-corrected chi connectivity index (χ2v) is 7.85. The summed E-state index contributed by atoms with van der Waals surface area (Å²) in [5.74, 6) is -6.82. The molecule has 0 aliphatic rings. The fourth-order valence-electron chi connectivity index (χ4n) is 2.55. The molecular formula is C17H5F9I2N. The van der Waals surface area contributed by atoms with Crippen LogP contribution in [0.4, 0.5) is 39.5 Å². The maximum Gasteiger partial charge on any atom is 0.457 e. The van der Waals surface area contributed by atoms with Crippen molar-refractivity contribution in [2.24, 2.45) is 0 Å². The van der Waals surface area contributed by atoms with Crippen LogP contribution in [0.2, 0.25) is 0 Å². The van der Waals surface area contributed by atoms with Gasteiger partial charge in [-0.2, -0.15) is 40.4 Å². The van der Waals surface area contributed by atoms with Gasteiger partial charge in [0.1, 0.15) is 0 Å². The zero-order valence-corrected chi connectivity index (χ0v) is 17.8. The smallest absolute Gasteiger partial charge is 0.221 e. The van der Waals surface area contributed by atoms with Crippen LogP contribution in [0.5, 0.6) is 0 Å². The van der Waals surface area contributed by atoms with Crippen molar-refractivity contribution in [3.8, 4) is 17.2 Å². The Morgan fingerprint density at radius 2 is 1.41 bits per heavy atom. The van der Waals surface area contributed by atoms with Gasteiger partial charge in [-0.1, -0.05) is 18.2 Å². The van der Waals surface area contributed by atoms with Gasteiger partial charge in [0.15, 0.2) is 0 Å². The molecule has 12 heteroatoms. The zero-order valence-electron chi connectivity index (χ0n) is 13.5.